The van der Waals surface area contributed by atoms with Gasteiger partial charge < -0.3 is 10.0 Å². The van der Waals surface area contributed by atoms with E-state index in [1.54, 1.807) is 30.3 Å². The number of aliphatic carboxylic acids is 1. The Hall–Kier alpha value is -1.93. The number of carbonyl (C=O) groups is 2. The molecule has 2 N–H and O–H groups in total. The highest BCUT2D eigenvalue weighted by atomic mass is 32.2. The second-order valence-electron chi connectivity index (χ2n) is 5.41. The fourth-order valence-corrected chi connectivity index (χ4v) is 3.00. The first-order valence-corrected chi connectivity index (χ1v) is 8.65. The Morgan fingerprint density at radius 3 is 2.50 bits per heavy atom. The summed E-state index contributed by atoms with van der Waals surface area (Å²) in [6.45, 7) is -0.0363. The molecule has 0 aliphatic carbocycles. The van der Waals surface area contributed by atoms with Crippen LogP contribution in [-0.4, -0.2) is 56.2 Å². The van der Waals surface area contributed by atoms with Crippen LogP contribution in [-0.2, 0) is 25.0 Å². The monoisotopic (exact) mass is 326 g/mol. The van der Waals surface area contributed by atoms with Gasteiger partial charge in [-0.1, -0.05) is 30.3 Å². The van der Waals surface area contributed by atoms with Gasteiger partial charge in [-0.15, -0.1) is 0 Å². The highest BCUT2D eigenvalue weighted by Crippen LogP contribution is 2.34. The minimum absolute atomic E-state index is 0.0383. The van der Waals surface area contributed by atoms with E-state index in [4.69, 9.17) is 0 Å². The summed E-state index contributed by atoms with van der Waals surface area (Å²) >= 11 is 0. The van der Waals surface area contributed by atoms with Crippen molar-refractivity contribution in [3.63, 3.8) is 0 Å². The molecular weight excluding hydrogens is 308 g/mol. The van der Waals surface area contributed by atoms with Gasteiger partial charge in [0, 0.05) is 13.1 Å². The molecule has 0 aromatic heterocycles. The van der Waals surface area contributed by atoms with Gasteiger partial charge in [-0.2, -0.15) is 0 Å². The van der Waals surface area contributed by atoms with E-state index in [9.17, 15) is 23.1 Å². The number of hydrogen-bond donors (Lipinski definition) is 2. The number of benzene rings is 1. The van der Waals surface area contributed by atoms with Crippen molar-refractivity contribution in [3.8, 4) is 0 Å². The maximum Gasteiger partial charge on any atom is 0.316 e. The molecule has 8 heteroatoms. The number of hydrogen-bond acceptors (Lipinski definition) is 4. The van der Waals surface area contributed by atoms with Crippen molar-refractivity contribution in [2.75, 3.05) is 25.9 Å². The highest BCUT2D eigenvalue weighted by molar-refractivity contribution is 7.88. The van der Waals surface area contributed by atoms with Crippen LogP contribution in [0.2, 0.25) is 0 Å². The fourth-order valence-electron chi connectivity index (χ4n) is 2.62. The molecule has 7 nitrogen and oxygen atoms in total. The summed E-state index contributed by atoms with van der Waals surface area (Å²) in [6, 6.07) is 8.78. The molecule has 1 unspecified atom stereocenters. The summed E-state index contributed by atoms with van der Waals surface area (Å²) in [6.07, 6.45) is 1.27. The highest BCUT2D eigenvalue weighted by Gasteiger charge is 2.47. The smallest absolute Gasteiger partial charge is 0.316 e. The Morgan fingerprint density at radius 1 is 1.32 bits per heavy atom. The van der Waals surface area contributed by atoms with E-state index in [1.165, 1.54) is 4.90 Å². The first kappa shape index (κ1) is 16.4. The van der Waals surface area contributed by atoms with E-state index in [-0.39, 0.29) is 19.6 Å². The number of carboxylic acids is 1. The Morgan fingerprint density at radius 2 is 1.95 bits per heavy atom. The molecular formula is C14H18N2O5S. The fraction of sp³-hybridized carbons (Fsp3) is 0.429. The zero-order chi connectivity index (χ0) is 16.4. The molecule has 1 saturated heterocycles. The van der Waals surface area contributed by atoms with Crippen LogP contribution in [0.15, 0.2) is 30.3 Å². The van der Waals surface area contributed by atoms with Gasteiger partial charge in [0.15, 0.2) is 0 Å². The molecule has 1 amide bonds. The van der Waals surface area contributed by atoms with Crippen molar-refractivity contribution >= 4 is 21.9 Å². The van der Waals surface area contributed by atoms with E-state index < -0.39 is 27.3 Å². The maximum absolute atomic E-state index is 12.0. The zero-order valence-corrected chi connectivity index (χ0v) is 13.0. The summed E-state index contributed by atoms with van der Waals surface area (Å²) in [7, 11) is -3.46. The van der Waals surface area contributed by atoms with Crippen LogP contribution in [0.25, 0.3) is 0 Å². The minimum atomic E-state index is -3.46. The molecule has 1 aliphatic heterocycles. The Bertz CT molecular complexity index is 674. The van der Waals surface area contributed by atoms with Gasteiger partial charge in [0.1, 0.15) is 5.41 Å². The molecule has 1 heterocycles. The molecule has 1 fully saturated rings. The predicted molar refractivity (Wildman–Crippen MR) is 79.8 cm³/mol. The van der Waals surface area contributed by atoms with Crippen LogP contribution in [0, 0.1) is 0 Å². The van der Waals surface area contributed by atoms with Gasteiger partial charge in [-0.3, -0.25) is 9.59 Å². The third-order valence-corrected chi connectivity index (χ3v) is 4.51. The lowest BCUT2D eigenvalue weighted by molar-refractivity contribution is -0.143. The van der Waals surface area contributed by atoms with Crippen LogP contribution in [0.5, 0.6) is 0 Å². The quantitative estimate of drug-likeness (QED) is 0.779. The average molecular weight is 326 g/mol. The molecule has 1 aromatic carbocycles. The average Bonchev–Trinajstić information content (AvgIpc) is 2.91. The number of nitrogens with one attached hydrogen (secondary N) is 1. The molecule has 2 rings (SSSR count). The lowest BCUT2D eigenvalue weighted by Crippen LogP contribution is -2.43. The van der Waals surface area contributed by atoms with Crippen LogP contribution in [0.3, 0.4) is 0 Å². The second kappa shape index (κ2) is 6.05. The summed E-state index contributed by atoms with van der Waals surface area (Å²) in [5.41, 5.74) is -0.490. The number of likely N-dealkylation sites (tertiary alicyclic amines) is 1. The number of carbonyl (C=O) groups excluding carboxylic acids is 1. The van der Waals surface area contributed by atoms with Crippen molar-refractivity contribution < 1.29 is 23.1 Å². The Balaban J connectivity index is 2.15. The number of rotatable bonds is 5. The van der Waals surface area contributed by atoms with Crippen LogP contribution in [0.4, 0.5) is 0 Å². The number of carboxylic acid groups (broad SMARTS) is 1. The number of nitrogens with zero attached hydrogens (tertiary/aromatic N) is 1. The summed E-state index contributed by atoms with van der Waals surface area (Å²) in [5, 5.41) is 9.63. The van der Waals surface area contributed by atoms with Gasteiger partial charge in [-0.25, -0.2) is 13.1 Å². The third-order valence-electron chi connectivity index (χ3n) is 3.84. The van der Waals surface area contributed by atoms with Crippen molar-refractivity contribution in [3.05, 3.63) is 35.9 Å². The first-order valence-electron chi connectivity index (χ1n) is 6.76. The molecule has 120 valence electrons. The first-order chi connectivity index (χ1) is 10.2. The van der Waals surface area contributed by atoms with Crippen molar-refractivity contribution in [1.82, 2.24) is 9.62 Å². The van der Waals surface area contributed by atoms with E-state index in [0.717, 1.165) is 6.26 Å². The van der Waals surface area contributed by atoms with Crippen molar-refractivity contribution in [1.29, 1.82) is 0 Å². The normalized spacial score (nSPS) is 21.8. The standard InChI is InChI=1S/C14H18N2O5S/c1-22(20,21)15-9-12(17)16-8-7-14(10-16,13(18)19)11-5-3-2-4-6-11/h2-6,15H,7-10H2,1H3,(H,18,19). The molecule has 0 radical (unpaired) electrons. The molecule has 0 saturated carbocycles. The van der Waals surface area contributed by atoms with Crippen LogP contribution >= 0.6 is 0 Å². The topological polar surface area (TPSA) is 104 Å². The Kier molecular flexibility index (Phi) is 4.52. The van der Waals surface area contributed by atoms with Crippen molar-refractivity contribution in [2.24, 2.45) is 0 Å². The maximum atomic E-state index is 12.0. The third kappa shape index (κ3) is 3.45. The van der Waals surface area contributed by atoms with E-state index in [2.05, 4.69) is 4.72 Å². The van der Waals surface area contributed by atoms with Gasteiger partial charge in [-0.05, 0) is 12.0 Å². The molecule has 1 atom stereocenters. The molecule has 1 aromatic rings. The van der Waals surface area contributed by atoms with Gasteiger partial charge >= 0.3 is 5.97 Å². The van der Waals surface area contributed by atoms with Gasteiger partial charge in [0.2, 0.25) is 15.9 Å². The predicted octanol–water partition coefficient (Wildman–Crippen LogP) is -0.209. The molecule has 1 aliphatic rings. The lowest BCUT2D eigenvalue weighted by atomic mass is 9.80. The van der Waals surface area contributed by atoms with E-state index in [0.29, 0.717) is 12.0 Å². The van der Waals surface area contributed by atoms with Crippen LogP contribution in [0.1, 0.15) is 12.0 Å². The summed E-state index contributed by atoms with van der Waals surface area (Å²) in [5.74, 6) is -1.41. The van der Waals surface area contributed by atoms with Crippen molar-refractivity contribution in [2.45, 2.75) is 11.8 Å². The van der Waals surface area contributed by atoms with Crippen LogP contribution < -0.4 is 4.72 Å². The molecule has 0 spiro atoms. The zero-order valence-electron chi connectivity index (χ0n) is 12.2. The van der Waals surface area contributed by atoms with Gasteiger partial charge in [0.25, 0.3) is 0 Å². The number of sulfonamides is 1. The Labute approximate surface area is 129 Å². The summed E-state index contributed by atoms with van der Waals surface area (Å²) < 4.78 is 24.2. The minimum Gasteiger partial charge on any atom is -0.481 e. The van der Waals surface area contributed by atoms with E-state index >= 15 is 0 Å². The SMILES string of the molecule is CS(=O)(=O)NCC(=O)N1CCC(C(=O)O)(c2ccccc2)C1. The lowest BCUT2D eigenvalue weighted by Gasteiger charge is -2.25. The second-order valence-corrected chi connectivity index (χ2v) is 7.24. The number of amides is 1. The summed E-state index contributed by atoms with van der Waals surface area (Å²) in [4.78, 5) is 25.2. The largest absolute Gasteiger partial charge is 0.481 e. The van der Waals surface area contributed by atoms with E-state index in [1.807, 2.05) is 0 Å². The molecule has 0 bridgehead atoms. The van der Waals surface area contributed by atoms with Gasteiger partial charge in [0.05, 0.1) is 12.8 Å². The molecule has 22 heavy (non-hydrogen) atoms.